The average Bonchev–Trinajstić information content (AvgIpc) is 2.70. The van der Waals surface area contributed by atoms with Crippen molar-refractivity contribution in [2.45, 2.75) is 12.5 Å². The van der Waals surface area contributed by atoms with Crippen LogP contribution in [0.4, 0.5) is 4.39 Å². The van der Waals surface area contributed by atoms with Crippen LogP contribution in [-0.2, 0) is 9.53 Å². The number of halogens is 2. The molecule has 1 amide bonds. The molecule has 0 aromatic heterocycles. The summed E-state index contributed by atoms with van der Waals surface area (Å²) in [6, 6.07) is 13.5. The highest BCUT2D eigenvalue weighted by Gasteiger charge is 2.23. The lowest BCUT2D eigenvalue weighted by Gasteiger charge is -2.35. The summed E-state index contributed by atoms with van der Waals surface area (Å²) < 4.78 is 24.3. The summed E-state index contributed by atoms with van der Waals surface area (Å²) in [7, 11) is 0. The predicted octanol–water partition coefficient (Wildman–Crippen LogP) is 3.44. The van der Waals surface area contributed by atoms with E-state index in [-0.39, 0.29) is 30.8 Å². The van der Waals surface area contributed by atoms with E-state index < -0.39 is 0 Å². The molecule has 1 N–H and O–H groups in total. The van der Waals surface area contributed by atoms with Crippen molar-refractivity contribution in [2.75, 3.05) is 39.5 Å². The highest BCUT2D eigenvalue weighted by Crippen LogP contribution is 2.22. The molecule has 0 spiro atoms. The summed E-state index contributed by atoms with van der Waals surface area (Å²) in [4.78, 5) is 14.5. The summed E-state index contributed by atoms with van der Waals surface area (Å²) in [5.74, 6) is 0.270. The van der Waals surface area contributed by atoms with Gasteiger partial charge in [-0.05, 0) is 35.9 Å². The fourth-order valence-electron chi connectivity index (χ4n) is 3.15. The van der Waals surface area contributed by atoms with Gasteiger partial charge in [-0.15, -0.1) is 0 Å². The van der Waals surface area contributed by atoms with Gasteiger partial charge in [0.15, 0.2) is 0 Å². The smallest absolute Gasteiger partial charge is 0.223 e. The first-order chi connectivity index (χ1) is 13.6. The van der Waals surface area contributed by atoms with Crippen molar-refractivity contribution in [1.82, 2.24) is 10.2 Å². The fourth-order valence-corrected chi connectivity index (χ4v) is 3.33. The van der Waals surface area contributed by atoms with Crippen molar-refractivity contribution in [1.29, 1.82) is 0 Å². The Bertz CT molecular complexity index is 767. The van der Waals surface area contributed by atoms with Crippen LogP contribution in [0.15, 0.2) is 48.5 Å². The number of amides is 1. The van der Waals surface area contributed by atoms with Gasteiger partial charge in [-0.3, -0.25) is 9.69 Å². The van der Waals surface area contributed by atoms with E-state index in [1.54, 1.807) is 36.4 Å². The molecule has 0 aliphatic carbocycles. The molecule has 2 aromatic rings. The molecule has 0 bridgehead atoms. The first-order valence-corrected chi connectivity index (χ1v) is 9.72. The number of ether oxygens (including phenoxy) is 2. The van der Waals surface area contributed by atoms with Crippen LogP contribution in [0.2, 0.25) is 5.02 Å². The average molecular weight is 407 g/mol. The van der Waals surface area contributed by atoms with Crippen LogP contribution in [0, 0.1) is 5.82 Å². The molecule has 1 unspecified atom stereocenters. The van der Waals surface area contributed by atoms with Gasteiger partial charge in [0.1, 0.15) is 11.6 Å². The number of nitrogens with one attached hydrogen (secondary N) is 1. The number of rotatable bonds is 8. The second-order valence-corrected chi connectivity index (χ2v) is 7.01. The maximum atomic E-state index is 13.3. The van der Waals surface area contributed by atoms with E-state index in [1.165, 1.54) is 12.1 Å². The Morgan fingerprint density at radius 2 is 1.96 bits per heavy atom. The predicted molar refractivity (Wildman–Crippen MR) is 106 cm³/mol. The Morgan fingerprint density at radius 3 is 2.68 bits per heavy atom. The van der Waals surface area contributed by atoms with E-state index in [1.807, 2.05) is 0 Å². The highest BCUT2D eigenvalue weighted by molar-refractivity contribution is 6.30. The number of benzene rings is 2. The molecule has 5 nitrogen and oxygen atoms in total. The third-order valence-electron chi connectivity index (χ3n) is 4.63. The van der Waals surface area contributed by atoms with Gasteiger partial charge < -0.3 is 14.8 Å². The number of hydrogen-bond acceptors (Lipinski definition) is 4. The molecule has 2 aromatic carbocycles. The molecular weight excluding hydrogens is 383 g/mol. The standard InChI is InChI=1S/C21H24ClFN2O3/c22-17-2-1-3-19(14-17)28-11-8-21(26)24-15-20(25-9-12-27-13-10-25)16-4-6-18(23)7-5-16/h1-7,14,20H,8-13,15H2,(H,24,26). The maximum Gasteiger partial charge on any atom is 0.223 e. The van der Waals surface area contributed by atoms with Crippen LogP contribution in [-0.4, -0.2) is 50.3 Å². The summed E-state index contributed by atoms with van der Waals surface area (Å²) in [5.41, 5.74) is 0.971. The van der Waals surface area contributed by atoms with Gasteiger partial charge in [0, 0.05) is 24.7 Å². The minimum Gasteiger partial charge on any atom is -0.493 e. The van der Waals surface area contributed by atoms with Gasteiger partial charge in [-0.25, -0.2) is 4.39 Å². The molecular formula is C21H24ClFN2O3. The molecule has 0 saturated carbocycles. The Labute approximate surface area is 169 Å². The summed E-state index contributed by atoms with van der Waals surface area (Å²) in [5, 5.41) is 3.56. The van der Waals surface area contributed by atoms with Gasteiger partial charge >= 0.3 is 0 Å². The monoisotopic (exact) mass is 406 g/mol. The van der Waals surface area contributed by atoms with Crippen LogP contribution in [0.3, 0.4) is 0 Å². The lowest BCUT2D eigenvalue weighted by Crippen LogP contribution is -2.44. The van der Waals surface area contributed by atoms with E-state index in [2.05, 4.69) is 10.2 Å². The zero-order valence-electron chi connectivity index (χ0n) is 15.6. The molecule has 1 fully saturated rings. The van der Waals surface area contributed by atoms with Crippen molar-refractivity contribution in [2.24, 2.45) is 0 Å². The zero-order valence-corrected chi connectivity index (χ0v) is 16.3. The summed E-state index contributed by atoms with van der Waals surface area (Å²) >= 11 is 5.92. The van der Waals surface area contributed by atoms with Crippen molar-refractivity contribution in [3.05, 3.63) is 64.9 Å². The SMILES string of the molecule is O=C(CCOc1cccc(Cl)c1)NCC(c1ccc(F)cc1)N1CCOCC1. The molecule has 3 rings (SSSR count). The van der Waals surface area contributed by atoms with Crippen molar-refractivity contribution in [3.63, 3.8) is 0 Å². The molecule has 1 heterocycles. The Balaban J connectivity index is 1.52. The van der Waals surface area contributed by atoms with Crippen LogP contribution in [0.5, 0.6) is 5.75 Å². The van der Waals surface area contributed by atoms with E-state index in [9.17, 15) is 9.18 Å². The third-order valence-corrected chi connectivity index (χ3v) is 4.86. The zero-order chi connectivity index (χ0) is 19.8. The number of carbonyl (C=O) groups is 1. The maximum absolute atomic E-state index is 13.3. The van der Waals surface area contributed by atoms with Gasteiger partial charge in [0.25, 0.3) is 0 Å². The van der Waals surface area contributed by atoms with E-state index in [4.69, 9.17) is 21.1 Å². The molecule has 1 aliphatic heterocycles. The van der Waals surface area contributed by atoms with E-state index >= 15 is 0 Å². The third kappa shape index (κ3) is 6.19. The number of nitrogens with zero attached hydrogens (tertiary/aromatic N) is 1. The van der Waals surface area contributed by atoms with Gasteiger partial charge in [-0.1, -0.05) is 29.8 Å². The topological polar surface area (TPSA) is 50.8 Å². The lowest BCUT2D eigenvalue weighted by molar-refractivity contribution is -0.121. The molecule has 150 valence electrons. The second-order valence-electron chi connectivity index (χ2n) is 6.58. The molecule has 1 aliphatic rings. The van der Waals surface area contributed by atoms with Gasteiger partial charge in [-0.2, -0.15) is 0 Å². The second kappa shape index (κ2) is 10.4. The first kappa shape index (κ1) is 20.6. The molecule has 0 radical (unpaired) electrons. The Hall–Kier alpha value is -2.15. The molecule has 1 saturated heterocycles. The highest BCUT2D eigenvalue weighted by atomic mass is 35.5. The van der Waals surface area contributed by atoms with Crippen LogP contribution in [0.1, 0.15) is 18.0 Å². The Kier molecular flexibility index (Phi) is 7.65. The van der Waals surface area contributed by atoms with Crippen LogP contribution >= 0.6 is 11.6 Å². The number of carbonyl (C=O) groups excluding carboxylic acids is 1. The number of morpholine rings is 1. The summed E-state index contributed by atoms with van der Waals surface area (Å²) in [6.45, 7) is 3.57. The van der Waals surface area contributed by atoms with Gasteiger partial charge in [0.05, 0.1) is 32.3 Å². The van der Waals surface area contributed by atoms with Crippen molar-refractivity contribution in [3.8, 4) is 5.75 Å². The largest absolute Gasteiger partial charge is 0.493 e. The summed E-state index contributed by atoms with van der Waals surface area (Å²) in [6.07, 6.45) is 0.242. The molecule has 7 heteroatoms. The number of hydrogen-bond donors (Lipinski definition) is 1. The van der Waals surface area contributed by atoms with Crippen LogP contribution < -0.4 is 10.1 Å². The van der Waals surface area contributed by atoms with Gasteiger partial charge in [0.2, 0.25) is 5.91 Å². The fraction of sp³-hybridized carbons (Fsp3) is 0.381. The minimum atomic E-state index is -0.272. The normalized spacial score (nSPS) is 15.8. The van der Waals surface area contributed by atoms with E-state index in [0.717, 1.165) is 18.7 Å². The Morgan fingerprint density at radius 1 is 1.21 bits per heavy atom. The first-order valence-electron chi connectivity index (χ1n) is 9.34. The van der Waals surface area contributed by atoms with E-state index in [0.29, 0.717) is 30.5 Å². The minimum absolute atomic E-state index is 0.0256. The lowest BCUT2D eigenvalue weighted by atomic mass is 10.0. The van der Waals surface area contributed by atoms with Crippen LogP contribution in [0.25, 0.3) is 0 Å². The molecule has 1 atom stereocenters. The van der Waals surface area contributed by atoms with Crippen molar-refractivity contribution >= 4 is 17.5 Å². The molecule has 28 heavy (non-hydrogen) atoms. The van der Waals surface area contributed by atoms with Crippen molar-refractivity contribution < 1.29 is 18.7 Å². The quantitative estimate of drug-likeness (QED) is 0.729.